The predicted octanol–water partition coefficient (Wildman–Crippen LogP) is 2.64. The van der Waals surface area contributed by atoms with Crippen molar-refractivity contribution in [2.75, 3.05) is 5.32 Å². The van der Waals surface area contributed by atoms with Crippen LogP contribution in [0.4, 0.5) is 5.69 Å². The standard InChI is InChI=1S/C22H29N3O2/c1-5-16-6-8-17(9-7-16)20(14(2)3)24-15(4)22(27)25-19-12-10-18(11-13-19)21(23)26/h6-15,20,24H,5H2,1-4H3,(H2,23,26)(H,25,27)/p+1/t15-,20-/m0/s1. The van der Waals surface area contributed by atoms with E-state index in [0.717, 1.165) is 6.42 Å². The van der Waals surface area contributed by atoms with E-state index in [9.17, 15) is 9.59 Å². The van der Waals surface area contributed by atoms with Crippen molar-refractivity contribution in [3.8, 4) is 0 Å². The first-order chi connectivity index (χ1) is 12.8. The Labute approximate surface area is 161 Å². The van der Waals surface area contributed by atoms with E-state index in [1.807, 2.05) is 6.92 Å². The van der Waals surface area contributed by atoms with Crippen LogP contribution in [0.15, 0.2) is 48.5 Å². The molecule has 0 unspecified atom stereocenters. The number of primary amides is 1. The number of carbonyl (C=O) groups excluding carboxylic acids is 2. The van der Waals surface area contributed by atoms with Crippen LogP contribution < -0.4 is 16.4 Å². The average molecular weight is 369 g/mol. The molecule has 2 aromatic carbocycles. The highest BCUT2D eigenvalue weighted by Gasteiger charge is 2.25. The summed E-state index contributed by atoms with van der Waals surface area (Å²) in [6.07, 6.45) is 1.02. The molecule has 0 aliphatic carbocycles. The van der Waals surface area contributed by atoms with Gasteiger partial charge >= 0.3 is 0 Å². The summed E-state index contributed by atoms with van der Waals surface area (Å²) in [5.41, 5.74) is 8.85. The lowest BCUT2D eigenvalue weighted by atomic mass is 9.94. The van der Waals surface area contributed by atoms with Crippen LogP contribution in [-0.2, 0) is 11.2 Å². The number of benzene rings is 2. The molecule has 0 aromatic heterocycles. The fraction of sp³-hybridized carbons (Fsp3) is 0.364. The molecule has 5 N–H and O–H groups in total. The fourth-order valence-electron chi connectivity index (χ4n) is 3.07. The molecule has 0 aliphatic heterocycles. The Morgan fingerprint density at radius 1 is 1.00 bits per heavy atom. The Hall–Kier alpha value is -2.66. The number of rotatable bonds is 8. The normalized spacial score (nSPS) is 13.2. The maximum Gasteiger partial charge on any atom is 0.282 e. The third-order valence-electron chi connectivity index (χ3n) is 4.84. The van der Waals surface area contributed by atoms with Crippen LogP contribution >= 0.6 is 0 Å². The van der Waals surface area contributed by atoms with Crippen molar-refractivity contribution < 1.29 is 14.9 Å². The maximum absolute atomic E-state index is 12.6. The molecule has 0 heterocycles. The largest absolute Gasteiger partial charge is 0.366 e. The second kappa shape index (κ2) is 9.33. The van der Waals surface area contributed by atoms with Gasteiger partial charge in [-0.25, -0.2) is 0 Å². The molecule has 5 nitrogen and oxygen atoms in total. The number of hydrogen-bond acceptors (Lipinski definition) is 2. The Balaban J connectivity index is 2.04. The van der Waals surface area contributed by atoms with E-state index in [4.69, 9.17) is 5.73 Å². The smallest absolute Gasteiger partial charge is 0.282 e. The molecule has 27 heavy (non-hydrogen) atoms. The number of aryl methyl sites for hydroxylation is 1. The third kappa shape index (κ3) is 5.66. The number of anilines is 1. The molecule has 2 amide bonds. The van der Waals surface area contributed by atoms with Gasteiger partial charge in [-0.05, 0) is 43.2 Å². The average Bonchev–Trinajstić information content (AvgIpc) is 2.66. The van der Waals surface area contributed by atoms with Gasteiger partial charge in [0, 0.05) is 22.7 Å². The third-order valence-corrected chi connectivity index (χ3v) is 4.84. The summed E-state index contributed by atoms with van der Waals surface area (Å²) in [7, 11) is 0. The SMILES string of the molecule is CCc1ccc([C@@H]([NH2+][C@@H](C)C(=O)Nc2ccc(C(N)=O)cc2)C(C)C)cc1. The zero-order valence-electron chi connectivity index (χ0n) is 16.5. The number of amides is 2. The van der Waals surface area contributed by atoms with Crippen LogP contribution in [0.2, 0.25) is 0 Å². The Morgan fingerprint density at radius 3 is 2.07 bits per heavy atom. The molecule has 2 atom stereocenters. The summed E-state index contributed by atoms with van der Waals surface area (Å²) in [6, 6.07) is 15.2. The van der Waals surface area contributed by atoms with E-state index in [-0.39, 0.29) is 18.0 Å². The molecule has 2 rings (SSSR count). The lowest BCUT2D eigenvalue weighted by molar-refractivity contribution is -0.718. The molecular formula is C22H30N3O2+. The van der Waals surface area contributed by atoms with E-state index in [1.165, 1.54) is 11.1 Å². The lowest BCUT2D eigenvalue weighted by Crippen LogP contribution is -2.93. The molecular weight excluding hydrogens is 338 g/mol. The van der Waals surface area contributed by atoms with E-state index in [1.54, 1.807) is 24.3 Å². The van der Waals surface area contributed by atoms with Crippen LogP contribution in [0, 0.1) is 5.92 Å². The van der Waals surface area contributed by atoms with Gasteiger partial charge in [0.15, 0.2) is 6.04 Å². The van der Waals surface area contributed by atoms with Gasteiger partial charge < -0.3 is 16.4 Å². The van der Waals surface area contributed by atoms with Gasteiger partial charge in [0.25, 0.3) is 5.91 Å². The fourth-order valence-corrected chi connectivity index (χ4v) is 3.07. The van der Waals surface area contributed by atoms with Gasteiger partial charge in [-0.3, -0.25) is 9.59 Å². The second-order valence-electron chi connectivity index (χ2n) is 7.28. The van der Waals surface area contributed by atoms with Gasteiger partial charge in [0.2, 0.25) is 5.91 Å². The van der Waals surface area contributed by atoms with E-state index in [0.29, 0.717) is 17.2 Å². The first-order valence-corrected chi connectivity index (χ1v) is 9.46. The quantitative estimate of drug-likeness (QED) is 0.669. The minimum atomic E-state index is -0.483. The monoisotopic (exact) mass is 368 g/mol. The van der Waals surface area contributed by atoms with Crippen LogP contribution in [0.5, 0.6) is 0 Å². The Kier molecular flexibility index (Phi) is 7.13. The van der Waals surface area contributed by atoms with Crippen LogP contribution in [-0.4, -0.2) is 17.9 Å². The molecule has 0 saturated heterocycles. The molecule has 0 radical (unpaired) electrons. The Morgan fingerprint density at radius 2 is 1.59 bits per heavy atom. The van der Waals surface area contributed by atoms with E-state index < -0.39 is 5.91 Å². The molecule has 144 valence electrons. The lowest BCUT2D eigenvalue weighted by Gasteiger charge is -2.23. The first-order valence-electron chi connectivity index (χ1n) is 9.46. The summed E-state index contributed by atoms with van der Waals surface area (Å²) >= 11 is 0. The van der Waals surface area contributed by atoms with Gasteiger partial charge in [-0.1, -0.05) is 45.0 Å². The van der Waals surface area contributed by atoms with Gasteiger partial charge in [-0.2, -0.15) is 0 Å². The minimum absolute atomic E-state index is 0.0716. The molecule has 0 spiro atoms. The van der Waals surface area contributed by atoms with Crippen molar-refractivity contribution in [3.63, 3.8) is 0 Å². The Bertz CT molecular complexity index is 767. The molecule has 2 aromatic rings. The summed E-state index contributed by atoms with van der Waals surface area (Å²) in [5, 5.41) is 5.01. The van der Waals surface area contributed by atoms with Crippen molar-refractivity contribution >= 4 is 17.5 Å². The van der Waals surface area contributed by atoms with Crippen LogP contribution in [0.25, 0.3) is 0 Å². The highest BCUT2D eigenvalue weighted by atomic mass is 16.2. The zero-order valence-corrected chi connectivity index (χ0v) is 16.5. The number of quaternary nitrogens is 1. The van der Waals surface area contributed by atoms with E-state index >= 15 is 0 Å². The van der Waals surface area contributed by atoms with Crippen LogP contribution in [0.3, 0.4) is 0 Å². The van der Waals surface area contributed by atoms with Crippen LogP contribution in [0.1, 0.15) is 55.2 Å². The van der Waals surface area contributed by atoms with Gasteiger partial charge in [0.1, 0.15) is 6.04 Å². The topological polar surface area (TPSA) is 88.8 Å². The summed E-state index contributed by atoms with van der Waals surface area (Å²) in [4.78, 5) is 23.7. The number of carbonyl (C=O) groups is 2. The maximum atomic E-state index is 12.6. The predicted molar refractivity (Wildman–Crippen MR) is 108 cm³/mol. The highest BCUT2D eigenvalue weighted by molar-refractivity contribution is 5.95. The number of nitrogens with one attached hydrogen (secondary N) is 1. The minimum Gasteiger partial charge on any atom is -0.366 e. The van der Waals surface area contributed by atoms with E-state index in [2.05, 4.69) is 55.7 Å². The zero-order chi connectivity index (χ0) is 20.0. The molecule has 5 heteroatoms. The van der Waals surface area contributed by atoms with Gasteiger partial charge in [-0.15, -0.1) is 0 Å². The van der Waals surface area contributed by atoms with Crippen molar-refractivity contribution in [1.82, 2.24) is 0 Å². The highest BCUT2D eigenvalue weighted by Crippen LogP contribution is 2.19. The molecule has 0 fully saturated rings. The number of nitrogens with two attached hydrogens (primary N) is 2. The van der Waals surface area contributed by atoms with Crippen molar-refractivity contribution in [1.29, 1.82) is 0 Å². The summed E-state index contributed by atoms with van der Waals surface area (Å²) in [5.74, 6) is -0.163. The second-order valence-corrected chi connectivity index (χ2v) is 7.28. The molecule has 0 bridgehead atoms. The first kappa shape index (κ1) is 20.6. The molecule has 0 saturated carbocycles. The molecule has 0 aliphatic rings. The number of hydrogen-bond donors (Lipinski definition) is 3. The van der Waals surface area contributed by atoms with Crippen molar-refractivity contribution in [3.05, 3.63) is 65.2 Å². The summed E-state index contributed by atoms with van der Waals surface area (Å²) < 4.78 is 0. The van der Waals surface area contributed by atoms with Crippen molar-refractivity contribution in [2.45, 2.75) is 46.2 Å². The van der Waals surface area contributed by atoms with Gasteiger partial charge in [0.05, 0.1) is 0 Å². The van der Waals surface area contributed by atoms with Crippen molar-refractivity contribution in [2.24, 2.45) is 11.7 Å². The summed E-state index contributed by atoms with van der Waals surface area (Å²) in [6.45, 7) is 8.39.